The van der Waals surface area contributed by atoms with Crippen molar-refractivity contribution in [2.45, 2.75) is 64.9 Å². The lowest BCUT2D eigenvalue weighted by atomic mass is 9.45. The number of carbonyl (C=O) groups excluding carboxylic acids is 1. The molecule has 0 saturated heterocycles. The second kappa shape index (κ2) is 5.16. The lowest BCUT2D eigenvalue weighted by Crippen LogP contribution is -2.55. The largest absolute Gasteiger partial charge is 0.395 e. The first-order chi connectivity index (χ1) is 10.9. The Morgan fingerprint density at radius 2 is 2.00 bits per heavy atom. The molecular weight excluding hydrogens is 288 g/mol. The molecule has 3 saturated carbocycles. The third-order valence-electron chi connectivity index (χ3n) is 8.27. The van der Waals surface area contributed by atoms with Crippen molar-refractivity contribution < 1.29 is 15.0 Å². The summed E-state index contributed by atoms with van der Waals surface area (Å²) in [6, 6.07) is 0. The first-order valence-corrected chi connectivity index (χ1v) is 9.45. The highest BCUT2D eigenvalue weighted by atomic mass is 16.3. The van der Waals surface area contributed by atoms with Crippen LogP contribution in [-0.4, -0.2) is 28.7 Å². The van der Waals surface area contributed by atoms with E-state index >= 15 is 0 Å². The minimum Gasteiger partial charge on any atom is -0.395 e. The lowest BCUT2D eigenvalue weighted by molar-refractivity contribution is -0.123. The number of carbonyl (C=O) groups is 1. The number of hydrogen-bond acceptors (Lipinski definition) is 3. The summed E-state index contributed by atoms with van der Waals surface area (Å²) < 4.78 is 0. The normalized spacial score (nSPS) is 52.4. The first kappa shape index (κ1) is 15.8. The number of hydrogen-bond donors (Lipinski definition) is 2. The molecule has 0 bridgehead atoms. The zero-order valence-corrected chi connectivity index (χ0v) is 14.4. The van der Waals surface area contributed by atoms with Crippen LogP contribution in [0.5, 0.6) is 0 Å². The van der Waals surface area contributed by atoms with E-state index in [2.05, 4.69) is 13.8 Å². The molecule has 3 nitrogen and oxygen atoms in total. The van der Waals surface area contributed by atoms with Crippen LogP contribution in [0.2, 0.25) is 0 Å². The smallest absolute Gasteiger partial charge is 0.155 e. The molecule has 2 N–H and O–H groups in total. The van der Waals surface area contributed by atoms with Crippen molar-refractivity contribution in [3.63, 3.8) is 0 Å². The summed E-state index contributed by atoms with van der Waals surface area (Å²) in [4.78, 5) is 11.9. The molecule has 0 aromatic carbocycles. The van der Waals surface area contributed by atoms with Gasteiger partial charge in [0.15, 0.2) is 5.78 Å². The van der Waals surface area contributed by atoms with Crippen LogP contribution in [0, 0.1) is 34.5 Å². The van der Waals surface area contributed by atoms with E-state index in [9.17, 15) is 15.0 Å². The van der Waals surface area contributed by atoms with Crippen LogP contribution in [0.1, 0.15) is 58.8 Å². The molecule has 0 amide bonds. The van der Waals surface area contributed by atoms with Crippen LogP contribution >= 0.6 is 0 Å². The Bertz CT molecular complexity index is 553. The van der Waals surface area contributed by atoms with Gasteiger partial charge in [-0.05, 0) is 73.7 Å². The van der Waals surface area contributed by atoms with Crippen molar-refractivity contribution in [3.8, 4) is 0 Å². The quantitative estimate of drug-likeness (QED) is 0.781. The Morgan fingerprint density at radius 3 is 2.74 bits per heavy atom. The van der Waals surface area contributed by atoms with Crippen molar-refractivity contribution in [2.24, 2.45) is 34.5 Å². The zero-order valence-electron chi connectivity index (χ0n) is 14.4. The second-order valence-corrected chi connectivity index (χ2v) is 9.06. The Labute approximate surface area is 139 Å². The Hall–Kier alpha value is -0.670. The molecule has 3 heteroatoms. The monoisotopic (exact) mass is 318 g/mol. The molecule has 0 unspecified atom stereocenters. The van der Waals surface area contributed by atoms with Crippen molar-refractivity contribution >= 4 is 5.78 Å². The highest BCUT2D eigenvalue weighted by molar-refractivity contribution is 5.91. The molecule has 7 atom stereocenters. The van der Waals surface area contributed by atoms with E-state index in [0.29, 0.717) is 30.1 Å². The summed E-state index contributed by atoms with van der Waals surface area (Å²) in [5.41, 5.74) is 1.14. The third kappa shape index (κ3) is 1.99. The van der Waals surface area contributed by atoms with E-state index in [0.717, 1.165) is 38.5 Å². The van der Waals surface area contributed by atoms with Gasteiger partial charge in [0.05, 0.1) is 12.7 Å². The fourth-order valence-corrected chi connectivity index (χ4v) is 6.99. The van der Waals surface area contributed by atoms with E-state index in [1.165, 1.54) is 5.57 Å². The van der Waals surface area contributed by atoms with Gasteiger partial charge in [-0.2, -0.15) is 0 Å². The summed E-state index contributed by atoms with van der Waals surface area (Å²) >= 11 is 0. The molecule has 23 heavy (non-hydrogen) atoms. The molecule has 128 valence electrons. The Balaban J connectivity index is 1.76. The molecule has 0 aromatic rings. The highest BCUT2D eigenvalue weighted by Gasteiger charge is 2.61. The summed E-state index contributed by atoms with van der Waals surface area (Å²) in [6.45, 7) is 4.81. The van der Waals surface area contributed by atoms with Gasteiger partial charge >= 0.3 is 0 Å². The average molecular weight is 318 g/mol. The summed E-state index contributed by atoms with van der Waals surface area (Å²) in [5, 5.41) is 20.9. The minimum atomic E-state index is -0.157. The molecule has 3 fully saturated rings. The van der Waals surface area contributed by atoms with Gasteiger partial charge in [0, 0.05) is 11.8 Å². The number of aliphatic hydroxyl groups is 2. The number of fused-ring (bicyclic) bond motifs is 5. The molecule has 0 heterocycles. The number of rotatable bonds is 1. The highest BCUT2D eigenvalue weighted by Crippen LogP contribution is 2.66. The maximum atomic E-state index is 11.9. The third-order valence-corrected chi connectivity index (χ3v) is 8.27. The maximum Gasteiger partial charge on any atom is 0.155 e. The van der Waals surface area contributed by atoms with Crippen molar-refractivity contribution in [1.29, 1.82) is 0 Å². The van der Waals surface area contributed by atoms with E-state index in [1.807, 2.05) is 6.08 Å². The van der Waals surface area contributed by atoms with Crippen LogP contribution in [-0.2, 0) is 4.79 Å². The van der Waals surface area contributed by atoms with Crippen LogP contribution in [0.25, 0.3) is 0 Å². The van der Waals surface area contributed by atoms with Gasteiger partial charge in [-0.1, -0.05) is 19.4 Å². The second-order valence-electron chi connectivity index (χ2n) is 9.06. The van der Waals surface area contributed by atoms with E-state index in [1.54, 1.807) is 0 Å². The summed E-state index contributed by atoms with van der Waals surface area (Å²) in [6.07, 6.45) is 8.30. The topological polar surface area (TPSA) is 57.5 Å². The molecule has 0 radical (unpaired) electrons. The average Bonchev–Trinajstić information content (AvgIpc) is 2.83. The molecule has 4 aliphatic carbocycles. The summed E-state index contributed by atoms with van der Waals surface area (Å²) in [5.74, 6) is 2.44. The molecular formula is C20H30O3. The predicted octanol–water partition coefficient (Wildman–Crippen LogP) is 3.10. The van der Waals surface area contributed by atoms with Gasteiger partial charge in [-0.15, -0.1) is 0 Å². The van der Waals surface area contributed by atoms with Gasteiger partial charge < -0.3 is 10.2 Å². The first-order valence-electron chi connectivity index (χ1n) is 9.45. The fraction of sp³-hybridized carbons (Fsp3) is 0.850. The van der Waals surface area contributed by atoms with Crippen molar-refractivity contribution in [2.75, 3.05) is 6.61 Å². The van der Waals surface area contributed by atoms with Gasteiger partial charge in [-0.25, -0.2) is 0 Å². The van der Waals surface area contributed by atoms with Crippen LogP contribution in [0.4, 0.5) is 0 Å². The van der Waals surface area contributed by atoms with Gasteiger partial charge in [-0.3, -0.25) is 4.79 Å². The standard InChI is InChI=1S/C20H30O3/c1-12-9-13-10-14(22)5-8-20(13,11-21)16-6-7-19(2)15(18(12)16)3-4-17(19)23/h10,12,15-18,21,23H,3-9,11H2,1-2H3/t12-,15+,16+,17-,18+,19+,20-/m1/s1. The number of ketones is 1. The Kier molecular flexibility index (Phi) is 3.55. The van der Waals surface area contributed by atoms with Gasteiger partial charge in [0.2, 0.25) is 0 Å². The van der Waals surface area contributed by atoms with E-state index in [-0.39, 0.29) is 29.3 Å². The fourth-order valence-electron chi connectivity index (χ4n) is 6.99. The SMILES string of the molecule is C[C@@H]1CC2=CC(=O)CC[C@]2(CO)[C@H]2CC[C@]3(C)[C@H](O)CC[C@H]3[C@H]12. The molecule has 4 aliphatic rings. The molecule has 0 aliphatic heterocycles. The van der Waals surface area contributed by atoms with Crippen molar-refractivity contribution in [1.82, 2.24) is 0 Å². The zero-order chi connectivity index (χ0) is 16.4. The maximum absolute atomic E-state index is 11.9. The van der Waals surface area contributed by atoms with Crippen LogP contribution in [0.15, 0.2) is 11.6 Å². The number of aliphatic hydroxyl groups excluding tert-OH is 2. The predicted molar refractivity (Wildman–Crippen MR) is 88.7 cm³/mol. The van der Waals surface area contributed by atoms with Crippen LogP contribution in [0.3, 0.4) is 0 Å². The van der Waals surface area contributed by atoms with Gasteiger partial charge in [0.1, 0.15) is 0 Å². The Morgan fingerprint density at radius 1 is 1.22 bits per heavy atom. The molecule has 4 rings (SSSR count). The lowest BCUT2D eigenvalue weighted by Gasteiger charge is -2.60. The van der Waals surface area contributed by atoms with E-state index in [4.69, 9.17) is 0 Å². The van der Waals surface area contributed by atoms with Crippen LogP contribution < -0.4 is 0 Å². The minimum absolute atomic E-state index is 0.0672. The summed E-state index contributed by atoms with van der Waals surface area (Å²) in [7, 11) is 0. The molecule has 0 spiro atoms. The van der Waals surface area contributed by atoms with Gasteiger partial charge in [0.25, 0.3) is 0 Å². The molecule has 0 aromatic heterocycles. The van der Waals surface area contributed by atoms with Crippen molar-refractivity contribution in [3.05, 3.63) is 11.6 Å². The van der Waals surface area contributed by atoms with E-state index < -0.39 is 0 Å².